The minimum absolute atomic E-state index is 0.153. The molecule has 2 N–H and O–H groups in total. The highest BCUT2D eigenvalue weighted by atomic mass is 79.9. The fourth-order valence-corrected chi connectivity index (χ4v) is 1.91. The Labute approximate surface area is 103 Å². The van der Waals surface area contributed by atoms with Gasteiger partial charge in [-0.05, 0) is 22.4 Å². The van der Waals surface area contributed by atoms with E-state index in [0.717, 1.165) is 6.42 Å². The maximum Gasteiger partial charge on any atom is 0.200 e. The summed E-state index contributed by atoms with van der Waals surface area (Å²) in [4.78, 5) is 12.0. The Morgan fingerprint density at radius 1 is 1.75 bits per heavy atom. The first-order valence-electron chi connectivity index (χ1n) is 5.11. The Kier molecular flexibility index (Phi) is 5.11. The predicted octanol–water partition coefficient (Wildman–Crippen LogP) is 1.21. The number of methoxy groups -OCH3 is 1. The van der Waals surface area contributed by atoms with Gasteiger partial charge in [0.1, 0.15) is 5.69 Å². The van der Waals surface area contributed by atoms with E-state index in [0.29, 0.717) is 16.7 Å². The zero-order valence-corrected chi connectivity index (χ0v) is 11.0. The maximum atomic E-state index is 12.0. The molecular formula is C10H16BrN3O2. The average Bonchev–Trinajstić information content (AvgIpc) is 2.60. The van der Waals surface area contributed by atoms with Crippen LogP contribution < -0.4 is 5.73 Å². The summed E-state index contributed by atoms with van der Waals surface area (Å²) < 4.78 is 7.22. The number of ketones is 1. The molecule has 0 fully saturated rings. The lowest BCUT2D eigenvalue weighted by Crippen LogP contribution is -2.36. The molecule has 6 heteroatoms. The molecule has 1 aromatic rings. The quantitative estimate of drug-likeness (QED) is 0.800. The maximum absolute atomic E-state index is 12.0. The van der Waals surface area contributed by atoms with Gasteiger partial charge in [0.2, 0.25) is 5.78 Å². The summed E-state index contributed by atoms with van der Waals surface area (Å²) in [6.07, 6.45) is 2.52. The monoisotopic (exact) mass is 289 g/mol. The van der Waals surface area contributed by atoms with Gasteiger partial charge in [0.15, 0.2) is 0 Å². The molecule has 0 aliphatic carbocycles. The number of hydrogen-bond donors (Lipinski definition) is 1. The minimum atomic E-state index is -0.645. The Bertz CT molecular complexity index is 365. The lowest BCUT2D eigenvalue weighted by atomic mass is 10.1. The highest BCUT2D eigenvalue weighted by Gasteiger charge is 2.22. The number of ether oxygens (including phenoxy) is 1. The third-order valence-electron chi connectivity index (χ3n) is 2.15. The van der Waals surface area contributed by atoms with Gasteiger partial charge in [-0.15, -0.1) is 0 Å². The van der Waals surface area contributed by atoms with Crippen LogP contribution in [0.15, 0.2) is 10.7 Å². The van der Waals surface area contributed by atoms with E-state index in [1.165, 1.54) is 7.11 Å². The third kappa shape index (κ3) is 2.90. The molecule has 1 heterocycles. The van der Waals surface area contributed by atoms with Crippen molar-refractivity contribution in [2.75, 3.05) is 13.7 Å². The van der Waals surface area contributed by atoms with Crippen molar-refractivity contribution in [3.05, 3.63) is 16.4 Å². The van der Waals surface area contributed by atoms with E-state index in [1.54, 1.807) is 10.9 Å². The zero-order chi connectivity index (χ0) is 12.1. The van der Waals surface area contributed by atoms with Gasteiger partial charge < -0.3 is 10.5 Å². The summed E-state index contributed by atoms with van der Waals surface area (Å²) in [5, 5.41) is 4.12. The fourth-order valence-electron chi connectivity index (χ4n) is 1.42. The Hall–Kier alpha value is -0.720. The van der Waals surface area contributed by atoms with Gasteiger partial charge in [0.05, 0.1) is 23.3 Å². The van der Waals surface area contributed by atoms with Gasteiger partial charge in [-0.2, -0.15) is 5.10 Å². The summed E-state index contributed by atoms with van der Waals surface area (Å²) in [5.41, 5.74) is 6.24. The number of nitrogens with two attached hydrogens (primary N) is 1. The van der Waals surface area contributed by atoms with Crippen LogP contribution in [0.4, 0.5) is 0 Å². The molecule has 0 amide bonds. The fraction of sp³-hybridized carbons (Fsp3) is 0.600. The number of rotatable bonds is 6. The van der Waals surface area contributed by atoms with Crippen LogP contribution in [-0.2, 0) is 11.3 Å². The molecule has 0 aliphatic heterocycles. The van der Waals surface area contributed by atoms with Crippen molar-refractivity contribution in [2.24, 2.45) is 5.73 Å². The molecule has 0 saturated heterocycles. The first-order valence-corrected chi connectivity index (χ1v) is 5.91. The number of halogens is 1. The van der Waals surface area contributed by atoms with Crippen LogP contribution >= 0.6 is 15.9 Å². The number of carbonyl (C=O) groups is 1. The zero-order valence-electron chi connectivity index (χ0n) is 9.44. The van der Waals surface area contributed by atoms with Gasteiger partial charge in [0, 0.05) is 13.7 Å². The molecule has 16 heavy (non-hydrogen) atoms. The third-order valence-corrected chi connectivity index (χ3v) is 2.73. The predicted molar refractivity (Wildman–Crippen MR) is 64.4 cm³/mol. The summed E-state index contributed by atoms with van der Waals surface area (Å²) in [5.74, 6) is -0.153. The van der Waals surface area contributed by atoms with E-state index in [2.05, 4.69) is 21.0 Å². The second-order valence-electron chi connectivity index (χ2n) is 3.49. The van der Waals surface area contributed by atoms with E-state index in [4.69, 9.17) is 10.5 Å². The van der Waals surface area contributed by atoms with Crippen molar-refractivity contribution in [2.45, 2.75) is 25.9 Å². The van der Waals surface area contributed by atoms with E-state index in [1.807, 2.05) is 6.92 Å². The van der Waals surface area contributed by atoms with E-state index in [-0.39, 0.29) is 12.4 Å². The molecule has 0 spiro atoms. The number of aromatic nitrogens is 2. The van der Waals surface area contributed by atoms with Crippen LogP contribution in [-0.4, -0.2) is 35.3 Å². The number of nitrogens with zero attached hydrogens (tertiary/aromatic N) is 2. The molecule has 0 radical (unpaired) electrons. The van der Waals surface area contributed by atoms with Crippen molar-refractivity contribution >= 4 is 21.7 Å². The summed E-state index contributed by atoms with van der Waals surface area (Å²) >= 11 is 3.31. The van der Waals surface area contributed by atoms with Gasteiger partial charge in [-0.25, -0.2) is 0 Å². The van der Waals surface area contributed by atoms with Crippen molar-refractivity contribution < 1.29 is 9.53 Å². The molecule has 1 unspecified atom stereocenters. The number of Topliss-reactive ketones (excluding diaryl/α,β-unsaturated/α-hetero) is 1. The largest absolute Gasteiger partial charge is 0.383 e. The van der Waals surface area contributed by atoms with Crippen LogP contribution in [0.25, 0.3) is 0 Å². The highest BCUT2D eigenvalue weighted by molar-refractivity contribution is 9.10. The molecule has 0 bridgehead atoms. The van der Waals surface area contributed by atoms with Crippen LogP contribution in [0.5, 0.6) is 0 Å². The summed E-state index contributed by atoms with van der Waals surface area (Å²) in [6, 6.07) is -0.645. The van der Waals surface area contributed by atoms with E-state index >= 15 is 0 Å². The molecule has 1 rings (SSSR count). The molecule has 0 aliphatic rings. The van der Waals surface area contributed by atoms with E-state index in [9.17, 15) is 4.79 Å². The van der Waals surface area contributed by atoms with Gasteiger partial charge in [0.25, 0.3) is 0 Å². The Balaban J connectivity index is 2.92. The lowest BCUT2D eigenvalue weighted by molar-refractivity contribution is 0.0880. The average molecular weight is 290 g/mol. The second kappa shape index (κ2) is 6.12. The van der Waals surface area contributed by atoms with E-state index < -0.39 is 6.04 Å². The smallest absolute Gasteiger partial charge is 0.200 e. The molecular weight excluding hydrogens is 274 g/mol. The molecule has 90 valence electrons. The number of hydrogen-bond acceptors (Lipinski definition) is 4. The standard InChI is InChI=1S/C10H16BrN3O2/c1-3-4-14-9(7(11)5-13-14)10(15)8(12)6-16-2/h5,8H,3-4,6,12H2,1-2H3. The van der Waals surface area contributed by atoms with Crippen LogP contribution in [0.3, 0.4) is 0 Å². The van der Waals surface area contributed by atoms with Gasteiger partial charge in [-0.1, -0.05) is 6.92 Å². The second-order valence-corrected chi connectivity index (χ2v) is 4.34. The Morgan fingerprint density at radius 2 is 2.44 bits per heavy atom. The highest BCUT2D eigenvalue weighted by Crippen LogP contribution is 2.18. The SMILES string of the molecule is CCCn1ncc(Br)c1C(=O)C(N)COC. The first kappa shape index (κ1) is 13.3. The van der Waals surface area contributed by atoms with Crippen molar-refractivity contribution in [1.82, 2.24) is 9.78 Å². The van der Waals surface area contributed by atoms with Gasteiger partial charge >= 0.3 is 0 Å². The Morgan fingerprint density at radius 3 is 3.00 bits per heavy atom. The summed E-state index contributed by atoms with van der Waals surface area (Å²) in [6.45, 7) is 2.94. The van der Waals surface area contributed by atoms with Crippen molar-refractivity contribution in [3.8, 4) is 0 Å². The normalized spacial score (nSPS) is 12.8. The lowest BCUT2D eigenvalue weighted by Gasteiger charge is -2.11. The number of aryl methyl sites for hydroxylation is 1. The molecule has 1 atom stereocenters. The van der Waals surface area contributed by atoms with Crippen LogP contribution in [0.2, 0.25) is 0 Å². The molecule has 0 aromatic carbocycles. The summed E-state index contributed by atoms with van der Waals surface area (Å²) in [7, 11) is 1.52. The van der Waals surface area contributed by atoms with Crippen LogP contribution in [0.1, 0.15) is 23.8 Å². The topological polar surface area (TPSA) is 70.1 Å². The molecule has 5 nitrogen and oxygen atoms in total. The molecule has 1 aromatic heterocycles. The molecule has 0 saturated carbocycles. The minimum Gasteiger partial charge on any atom is -0.383 e. The first-order chi connectivity index (χ1) is 7.61. The van der Waals surface area contributed by atoms with Crippen molar-refractivity contribution in [3.63, 3.8) is 0 Å². The van der Waals surface area contributed by atoms with Crippen molar-refractivity contribution in [1.29, 1.82) is 0 Å². The van der Waals surface area contributed by atoms with Gasteiger partial charge in [-0.3, -0.25) is 9.48 Å². The number of carbonyl (C=O) groups excluding carboxylic acids is 1. The van der Waals surface area contributed by atoms with Crippen LogP contribution in [0, 0.1) is 0 Å².